The van der Waals surface area contributed by atoms with Gasteiger partial charge in [0.15, 0.2) is 0 Å². The SMILES string of the molecule is O=C(Cc1c[nH]c2ccccc12)NC1(CO)CCC1. The molecule has 4 heteroatoms. The van der Waals surface area contributed by atoms with E-state index in [-0.39, 0.29) is 18.1 Å². The van der Waals surface area contributed by atoms with Crippen molar-refractivity contribution >= 4 is 16.8 Å². The van der Waals surface area contributed by atoms with Crippen LogP contribution in [0.5, 0.6) is 0 Å². The number of amides is 1. The van der Waals surface area contributed by atoms with Crippen LogP contribution in [0, 0.1) is 0 Å². The highest BCUT2D eigenvalue weighted by molar-refractivity contribution is 5.89. The van der Waals surface area contributed by atoms with Crippen LogP contribution in [0.15, 0.2) is 30.5 Å². The van der Waals surface area contributed by atoms with Crippen molar-refractivity contribution in [1.82, 2.24) is 10.3 Å². The quantitative estimate of drug-likeness (QED) is 0.782. The molecule has 0 saturated heterocycles. The molecule has 0 aliphatic heterocycles. The molecular formula is C15H18N2O2. The Morgan fingerprint density at radius 1 is 1.37 bits per heavy atom. The lowest BCUT2D eigenvalue weighted by Crippen LogP contribution is -2.56. The van der Waals surface area contributed by atoms with Gasteiger partial charge in [-0.25, -0.2) is 0 Å². The summed E-state index contributed by atoms with van der Waals surface area (Å²) in [5.41, 5.74) is 1.69. The number of fused-ring (bicyclic) bond motifs is 1. The van der Waals surface area contributed by atoms with Crippen LogP contribution in [0.3, 0.4) is 0 Å². The Morgan fingerprint density at radius 3 is 2.84 bits per heavy atom. The summed E-state index contributed by atoms with van der Waals surface area (Å²) in [4.78, 5) is 15.3. The molecule has 100 valence electrons. The molecule has 3 rings (SSSR count). The topological polar surface area (TPSA) is 65.1 Å². The Morgan fingerprint density at radius 2 is 2.16 bits per heavy atom. The number of aliphatic hydroxyl groups excluding tert-OH is 1. The number of H-pyrrole nitrogens is 1. The summed E-state index contributed by atoms with van der Waals surface area (Å²) in [6.45, 7) is 0.0343. The van der Waals surface area contributed by atoms with E-state index in [1.807, 2.05) is 30.5 Å². The first-order valence-corrected chi connectivity index (χ1v) is 6.69. The molecule has 1 aromatic carbocycles. The van der Waals surface area contributed by atoms with Gasteiger partial charge in [-0.15, -0.1) is 0 Å². The third kappa shape index (κ3) is 2.24. The van der Waals surface area contributed by atoms with E-state index in [1.165, 1.54) is 0 Å². The molecule has 0 spiro atoms. The van der Waals surface area contributed by atoms with Crippen molar-refractivity contribution in [2.24, 2.45) is 0 Å². The van der Waals surface area contributed by atoms with Gasteiger partial charge in [0.05, 0.1) is 18.6 Å². The van der Waals surface area contributed by atoms with Gasteiger partial charge in [-0.1, -0.05) is 18.2 Å². The molecule has 4 nitrogen and oxygen atoms in total. The largest absolute Gasteiger partial charge is 0.394 e. The number of hydrogen-bond donors (Lipinski definition) is 3. The van der Waals surface area contributed by atoms with Crippen LogP contribution < -0.4 is 5.32 Å². The first kappa shape index (κ1) is 12.2. The zero-order valence-corrected chi connectivity index (χ0v) is 10.8. The molecule has 1 aliphatic carbocycles. The van der Waals surface area contributed by atoms with Crippen molar-refractivity contribution in [1.29, 1.82) is 0 Å². The van der Waals surface area contributed by atoms with Gasteiger partial charge in [-0.3, -0.25) is 4.79 Å². The lowest BCUT2D eigenvalue weighted by atomic mass is 9.77. The predicted molar refractivity (Wildman–Crippen MR) is 73.8 cm³/mol. The second-order valence-electron chi connectivity index (χ2n) is 5.38. The molecular weight excluding hydrogens is 240 g/mol. The van der Waals surface area contributed by atoms with Crippen molar-refractivity contribution in [3.8, 4) is 0 Å². The average Bonchev–Trinajstić information content (AvgIpc) is 2.78. The summed E-state index contributed by atoms with van der Waals surface area (Å²) in [5.74, 6) is -0.0153. The zero-order valence-electron chi connectivity index (χ0n) is 10.8. The smallest absolute Gasteiger partial charge is 0.225 e. The number of aromatic nitrogens is 1. The van der Waals surface area contributed by atoms with Crippen molar-refractivity contribution in [2.45, 2.75) is 31.2 Å². The number of aromatic amines is 1. The second-order valence-corrected chi connectivity index (χ2v) is 5.38. The van der Waals surface area contributed by atoms with Crippen LogP contribution in [-0.2, 0) is 11.2 Å². The average molecular weight is 258 g/mol. The number of carbonyl (C=O) groups excluding carboxylic acids is 1. The van der Waals surface area contributed by atoms with Crippen LogP contribution in [0.25, 0.3) is 10.9 Å². The Kier molecular flexibility index (Phi) is 3.03. The van der Waals surface area contributed by atoms with Crippen LogP contribution in [-0.4, -0.2) is 28.1 Å². The van der Waals surface area contributed by atoms with Gasteiger partial charge >= 0.3 is 0 Å². The van der Waals surface area contributed by atoms with Gasteiger partial charge in [0.1, 0.15) is 0 Å². The van der Waals surface area contributed by atoms with Crippen molar-refractivity contribution in [2.75, 3.05) is 6.61 Å². The van der Waals surface area contributed by atoms with Gasteiger partial charge in [0.25, 0.3) is 0 Å². The first-order chi connectivity index (χ1) is 9.22. The lowest BCUT2D eigenvalue weighted by molar-refractivity contribution is -0.124. The van der Waals surface area contributed by atoms with E-state index in [1.54, 1.807) is 0 Å². The number of rotatable bonds is 4. The summed E-state index contributed by atoms with van der Waals surface area (Å²) in [5, 5.41) is 13.4. The minimum atomic E-state index is -0.358. The van der Waals surface area contributed by atoms with Crippen molar-refractivity contribution < 1.29 is 9.90 Å². The van der Waals surface area contributed by atoms with Gasteiger partial charge in [-0.2, -0.15) is 0 Å². The molecule has 1 amide bonds. The maximum absolute atomic E-state index is 12.1. The van der Waals surface area contributed by atoms with E-state index in [0.29, 0.717) is 6.42 Å². The summed E-state index contributed by atoms with van der Waals surface area (Å²) >= 11 is 0. The summed E-state index contributed by atoms with van der Waals surface area (Å²) in [6, 6.07) is 7.95. The van der Waals surface area contributed by atoms with E-state index < -0.39 is 0 Å². The Balaban J connectivity index is 1.72. The fourth-order valence-electron chi connectivity index (χ4n) is 2.72. The Labute approximate surface area is 111 Å². The molecule has 1 aliphatic rings. The highest BCUT2D eigenvalue weighted by Gasteiger charge is 2.37. The summed E-state index contributed by atoms with van der Waals surface area (Å²) in [7, 11) is 0. The maximum atomic E-state index is 12.1. The number of nitrogens with one attached hydrogen (secondary N) is 2. The molecule has 3 N–H and O–H groups in total. The second kappa shape index (κ2) is 4.70. The zero-order chi connectivity index (χ0) is 13.3. The predicted octanol–water partition coefficient (Wildman–Crippen LogP) is 1.74. The number of aliphatic hydroxyl groups is 1. The fraction of sp³-hybridized carbons (Fsp3) is 0.400. The van der Waals surface area contributed by atoms with E-state index in [9.17, 15) is 9.90 Å². The molecule has 1 saturated carbocycles. The normalized spacial score (nSPS) is 17.1. The highest BCUT2D eigenvalue weighted by Crippen LogP contribution is 2.31. The Hall–Kier alpha value is -1.81. The van der Waals surface area contributed by atoms with E-state index in [4.69, 9.17) is 0 Å². The summed E-state index contributed by atoms with van der Waals surface area (Å²) < 4.78 is 0. The standard InChI is InChI=1S/C15H18N2O2/c18-10-15(6-3-7-15)17-14(19)8-11-9-16-13-5-2-1-4-12(11)13/h1-2,4-5,9,16,18H,3,6-8,10H2,(H,17,19). The molecule has 1 fully saturated rings. The van der Waals surface area contributed by atoms with Crippen molar-refractivity contribution in [3.05, 3.63) is 36.0 Å². The summed E-state index contributed by atoms with van der Waals surface area (Å²) in [6.07, 6.45) is 5.07. The minimum Gasteiger partial charge on any atom is -0.394 e. The molecule has 0 unspecified atom stereocenters. The lowest BCUT2D eigenvalue weighted by Gasteiger charge is -2.41. The number of para-hydroxylation sites is 1. The maximum Gasteiger partial charge on any atom is 0.225 e. The highest BCUT2D eigenvalue weighted by atomic mass is 16.3. The Bertz CT molecular complexity index is 593. The van der Waals surface area contributed by atoms with Crippen LogP contribution in [0.1, 0.15) is 24.8 Å². The van der Waals surface area contributed by atoms with Crippen LogP contribution >= 0.6 is 0 Å². The number of hydrogen-bond acceptors (Lipinski definition) is 2. The molecule has 0 atom stereocenters. The fourth-order valence-corrected chi connectivity index (χ4v) is 2.72. The van der Waals surface area contributed by atoms with Gasteiger partial charge in [0, 0.05) is 17.1 Å². The third-order valence-electron chi connectivity index (χ3n) is 4.04. The minimum absolute atomic E-state index is 0.0153. The van der Waals surface area contributed by atoms with Gasteiger partial charge < -0.3 is 15.4 Å². The molecule has 19 heavy (non-hydrogen) atoms. The third-order valence-corrected chi connectivity index (χ3v) is 4.04. The van der Waals surface area contributed by atoms with E-state index in [0.717, 1.165) is 35.7 Å². The first-order valence-electron chi connectivity index (χ1n) is 6.69. The number of carbonyl (C=O) groups is 1. The van der Waals surface area contributed by atoms with Gasteiger partial charge in [-0.05, 0) is 30.9 Å². The molecule has 0 radical (unpaired) electrons. The number of benzene rings is 1. The molecule has 1 aromatic heterocycles. The van der Waals surface area contributed by atoms with Crippen LogP contribution in [0.2, 0.25) is 0 Å². The van der Waals surface area contributed by atoms with Crippen molar-refractivity contribution in [3.63, 3.8) is 0 Å². The van der Waals surface area contributed by atoms with E-state index in [2.05, 4.69) is 10.3 Å². The van der Waals surface area contributed by atoms with E-state index >= 15 is 0 Å². The van der Waals surface area contributed by atoms with Crippen LogP contribution in [0.4, 0.5) is 0 Å². The molecule has 0 bridgehead atoms. The monoisotopic (exact) mass is 258 g/mol. The van der Waals surface area contributed by atoms with Gasteiger partial charge in [0.2, 0.25) is 5.91 Å². The molecule has 1 heterocycles. The molecule has 2 aromatic rings.